The minimum absolute atomic E-state index is 0.0958. The molecular formula is C14H14N4O3. The molecule has 0 fully saturated rings. The highest BCUT2D eigenvalue weighted by atomic mass is 16.4. The minimum atomic E-state index is -1.13. The summed E-state index contributed by atoms with van der Waals surface area (Å²) >= 11 is 0. The minimum Gasteiger partial charge on any atom is -0.477 e. The maximum absolute atomic E-state index is 10.9. The highest BCUT2D eigenvalue weighted by Gasteiger charge is 2.09. The Morgan fingerprint density at radius 1 is 1.10 bits per heavy atom. The normalized spacial score (nSPS) is 9.95. The van der Waals surface area contributed by atoms with E-state index < -0.39 is 5.97 Å². The SMILES string of the molecule is CC(=O)Nc1ccc(Nc2nc(C(=O)O)ccc2N)cc1. The highest BCUT2D eigenvalue weighted by Crippen LogP contribution is 2.22. The summed E-state index contributed by atoms with van der Waals surface area (Å²) < 4.78 is 0. The van der Waals surface area contributed by atoms with Gasteiger partial charge in [0.1, 0.15) is 0 Å². The molecule has 0 atom stereocenters. The number of amides is 1. The Kier molecular flexibility index (Phi) is 4.03. The number of rotatable bonds is 4. The Hall–Kier alpha value is -3.09. The second kappa shape index (κ2) is 5.91. The number of hydrogen-bond acceptors (Lipinski definition) is 5. The monoisotopic (exact) mass is 286 g/mol. The topological polar surface area (TPSA) is 117 Å². The molecule has 1 amide bonds. The second-order valence-corrected chi connectivity index (χ2v) is 4.32. The second-order valence-electron chi connectivity index (χ2n) is 4.32. The van der Waals surface area contributed by atoms with Gasteiger partial charge in [0, 0.05) is 18.3 Å². The molecule has 1 heterocycles. The number of aromatic nitrogens is 1. The molecule has 1 aromatic heterocycles. The van der Waals surface area contributed by atoms with Gasteiger partial charge < -0.3 is 21.5 Å². The average molecular weight is 286 g/mol. The quantitative estimate of drug-likeness (QED) is 0.683. The summed E-state index contributed by atoms with van der Waals surface area (Å²) in [6.45, 7) is 1.42. The van der Waals surface area contributed by atoms with Crippen molar-refractivity contribution >= 4 is 34.8 Å². The van der Waals surface area contributed by atoms with Crippen LogP contribution in [0.4, 0.5) is 22.9 Å². The number of hydrogen-bond donors (Lipinski definition) is 4. The molecule has 0 spiro atoms. The first-order valence-electron chi connectivity index (χ1n) is 6.10. The largest absolute Gasteiger partial charge is 0.477 e. The zero-order valence-corrected chi connectivity index (χ0v) is 11.3. The first-order valence-corrected chi connectivity index (χ1v) is 6.10. The molecule has 0 saturated heterocycles. The van der Waals surface area contributed by atoms with Crippen molar-refractivity contribution in [1.29, 1.82) is 0 Å². The fraction of sp³-hybridized carbons (Fsp3) is 0.0714. The van der Waals surface area contributed by atoms with E-state index in [9.17, 15) is 9.59 Å². The van der Waals surface area contributed by atoms with Gasteiger partial charge in [-0.1, -0.05) is 0 Å². The molecule has 1 aromatic carbocycles. The summed E-state index contributed by atoms with van der Waals surface area (Å²) in [6, 6.07) is 9.68. The Morgan fingerprint density at radius 3 is 2.29 bits per heavy atom. The number of carbonyl (C=O) groups is 2. The lowest BCUT2D eigenvalue weighted by Gasteiger charge is -2.10. The Balaban J connectivity index is 2.19. The smallest absolute Gasteiger partial charge is 0.354 e. The van der Waals surface area contributed by atoms with Crippen molar-refractivity contribution in [1.82, 2.24) is 4.98 Å². The van der Waals surface area contributed by atoms with E-state index in [4.69, 9.17) is 10.8 Å². The lowest BCUT2D eigenvalue weighted by Crippen LogP contribution is -2.06. The van der Waals surface area contributed by atoms with E-state index in [1.807, 2.05) is 0 Å². The van der Waals surface area contributed by atoms with Crippen molar-refractivity contribution < 1.29 is 14.7 Å². The standard InChI is InChI=1S/C14H14N4O3/c1-8(19)16-9-2-4-10(5-3-9)17-13-11(15)6-7-12(18-13)14(20)21/h2-7H,15H2,1H3,(H,16,19)(H,17,18)(H,20,21). The van der Waals surface area contributed by atoms with E-state index in [0.717, 1.165) is 0 Å². The van der Waals surface area contributed by atoms with Crippen molar-refractivity contribution in [3.8, 4) is 0 Å². The number of nitrogens with two attached hydrogens (primary N) is 1. The molecule has 0 saturated carbocycles. The van der Waals surface area contributed by atoms with Crippen LogP contribution in [0.25, 0.3) is 0 Å². The summed E-state index contributed by atoms with van der Waals surface area (Å²) in [7, 11) is 0. The predicted octanol–water partition coefficient (Wildman–Crippen LogP) is 2.06. The van der Waals surface area contributed by atoms with E-state index >= 15 is 0 Å². The fourth-order valence-corrected chi connectivity index (χ4v) is 1.67. The van der Waals surface area contributed by atoms with E-state index in [2.05, 4.69) is 15.6 Å². The van der Waals surface area contributed by atoms with Crippen molar-refractivity contribution in [2.45, 2.75) is 6.92 Å². The van der Waals surface area contributed by atoms with Gasteiger partial charge in [-0.25, -0.2) is 9.78 Å². The third-order valence-electron chi connectivity index (χ3n) is 2.61. The van der Waals surface area contributed by atoms with E-state index in [-0.39, 0.29) is 17.4 Å². The van der Waals surface area contributed by atoms with Crippen LogP contribution in [-0.2, 0) is 4.79 Å². The predicted molar refractivity (Wildman–Crippen MR) is 79.6 cm³/mol. The zero-order valence-electron chi connectivity index (χ0n) is 11.3. The molecule has 0 unspecified atom stereocenters. The van der Waals surface area contributed by atoms with E-state index in [1.54, 1.807) is 24.3 Å². The molecule has 2 aromatic rings. The van der Waals surface area contributed by atoms with Gasteiger partial charge in [-0.05, 0) is 36.4 Å². The number of carboxylic acid groups (broad SMARTS) is 1. The number of nitrogens with zero attached hydrogens (tertiary/aromatic N) is 1. The van der Waals surface area contributed by atoms with Gasteiger partial charge in [0.25, 0.3) is 0 Å². The lowest BCUT2D eigenvalue weighted by atomic mass is 10.2. The summed E-state index contributed by atoms with van der Waals surface area (Å²) in [5.74, 6) is -1.02. The fourth-order valence-electron chi connectivity index (χ4n) is 1.67. The van der Waals surface area contributed by atoms with Gasteiger partial charge in [0.15, 0.2) is 11.5 Å². The summed E-state index contributed by atoms with van der Waals surface area (Å²) in [4.78, 5) is 25.8. The third-order valence-corrected chi connectivity index (χ3v) is 2.61. The van der Waals surface area contributed by atoms with Crippen LogP contribution < -0.4 is 16.4 Å². The molecule has 7 nitrogen and oxygen atoms in total. The van der Waals surface area contributed by atoms with Crippen molar-refractivity contribution in [3.63, 3.8) is 0 Å². The van der Waals surface area contributed by atoms with E-state index in [1.165, 1.54) is 19.1 Å². The average Bonchev–Trinajstić information content (AvgIpc) is 2.42. The highest BCUT2D eigenvalue weighted by molar-refractivity contribution is 5.89. The van der Waals surface area contributed by atoms with Crippen molar-refractivity contribution in [2.24, 2.45) is 0 Å². The first-order chi connectivity index (χ1) is 9.95. The Morgan fingerprint density at radius 2 is 1.71 bits per heavy atom. The number of pyridine rings is 1. The lowest BCUT2D eigenvalue weighted by molar-refractivity contribution is -0.114. The number of carboxylic acids is 1. The summed E-state index contributed by atoms with van der Waals surface area (Å²) in [5.41, 5.74) is 7.33. The first kappa shape index (κ1) is 14.3. The molecule has 0 radical (unpaired) electrons. The van der Waals surface area contributed by atoms with Gasteiger partial charge in [-0.15, -0.1) is 0 Å². The van der Waals surface area contributed by atoms with Crippen LogP contribution in [0.2, 0.25) is 0 Å². The molecule has 7 heteroatoms. The Labute approximate surface area is 120 Å². The molecule has 0 bridgehead atoms. The summed E-state index contributed by atoms with van der Waals surface area (Å²) in [6.07, 6.45) is 0. The van der Waals surface area contributed by atoms with Gasteiger partial charge in [-0.3, -0.25) is 4.79 Å². The van der Waals surface area contributed by atoms with Crippen LogP contribution in [-0.4, -0.2) is 22.0 Å². The van der Waals surface area contributed by atoms with Crippen LogP contribution in [0.15, 0.2) is 36.4 Å². The van der Waals surface area contributed by atoms with Crippen LogP contribution in [0.3, 0.4) is 0 Å². The molecule has 108 valence electrons. The molecule has 21 heavy (non-hydrogen) atoms. The maximum Gasteiger partial charge on any atom is 0.354 e. The van der Waals surface area contributed by atoms with Crippen molar-refractivity contribution in [3.05, 3.63) is 42.1 Å². The number of nitrogen functional groups attached to an aromatic ring is 1. The number of benzene rings is 1. The molecule has 5 N–H and O–H groups in total. The van der Waals surface area contributed by atoms with Gasteiger partial charge in [-0.2, -0.15) is 0 Å². The molecule has 0 aliphatic heterocycles. The van der Waals surface area contributed by atoms with Crippen LogP contribution >= 0.6 is 0 Å². The maximum atomic E-state index is 10.9. The van der Waals surface area contributed by atoms with Gasteiger partial charge >= 0.3 is 5.97 Å². The van der Waals surface area contributed by atoms with Crippen LogP contribution in [0.1, 0.15) is 17.4 Å². The number of nitrogens with one attached hydrogen (secondary N) is 2. The summed E-state index contributed by atoms with van der Waals surface area (Å²) in [5, 5.41) is 14.5. The molecular weight excluding hydrogens is 272 g/mol. The van der Waals surface area contributed by atoms with Crippen LogP contribution in [0, 0.1) is 0 Å². The Bertz CT molecular complexity index is 683. The molecule has 0 aliphatic rings. The zero-order chi connectivity index (χ0) is 15.4. The van der Waals surface area contributed by atoms with Gasteiger partial charge in [0.05, 0.1) is 5.69 Å². The van der Waals surface area contributed by atoms with Gasteiger partial charge in [0.2, 0.25) is 5.91 Å². The van der Waals surface area contributed by atoms with Crippen LogP contribution in [0.5, 0.6) is 0 Å². The number of carbonyl (C=O) groups excluding carboxylic acids is 1. The number of aromatic carboxylic acids is 1. The third kappa shape index (κ3) is 3.69. The number of anilines is 4. The molecule has 2 rings (SSSR count). The molecule has 0 aliphatic carbocycles. The van der Waals surface area contributed by atoms with Crippen molar-refractivity contribution in [2.75, 3.05) is 16.4 Å². The van der Waals surface area contributed by atoms with E-state index in [0.29, 0.717) is 17.1 Å².